The van der Waals surface area contributed by atoms with Crippen LogP contribution in [0.5, 0.6) is 0 Å². The summed E-state index contributed by atoms with van der Waals surface area (Å²) < 4.78 is 0. The summed E-state index contributed by atoms with van der Waals surface area (Å²) in [5, 5.41) is 3.51. The molecule has 21 heavy (non-hydrogen) atoms. The van der Waals surface area contributed by atoms with Crippen LogP contribution in [0.15, 0.2) is 30.3 Å². The monoisotopic (exact) mass is 281 g/mol. The van der Waals surface area contributed by atoms with Gasteiger partial charge in [0.15, 0.2) is 0 Å². The third-order valence-corrected chi connectivity index (χ3v) is 4.72. The quantitative estimate of drug-likeness (QED) is 0.849. The van der Waals surface area contributed by atoms with Gasteiger partial charge in [-0.25, -0.2) is 0 Å². The predicted octanol–water partition coefficient (Wildman–Crippen LogP) is 4.79. The van der Waals surface area contributed by atoms with Crippen LogP contribution in [0.1, 0.15) is 51.9 Å². The van der Waals surface area contributed by atoms with Gasteiger partial charge in [-0.1, -0.05) is 37.3 Å². The zero-order valence-electron chi connectivity index (χ0n) is 14.2. The fraction of sp³-hybridized carbons (Fsp3) is 0.400. The minimum Gasteiger partial charge on any atom is -0.309 e. The molecule has 2 aromatic carbocycles. The Balaban J connectivity index is 2.55. The molecule has 0 amide bonds. The highest BCUT2D eigenvalue weighted by Gasteiger charge is 2.18. The Bertz CT molecular complexity index is 597. The van der Waals surface area contributed by atoms with Crippen molar-refractivity contribution in [2.75, 3.05) is 7.05 Å². The summed E-state index contributed by atoms with van der Waals surface area (Å²) in [5.74, 6) is 0. The maximum Gasteiger partial charge on any atom is 0.0579 e. The first-order chi connectivity index (χ1) is 9.99. The second-order valence-corrected chi connectivity index (χ2v) is 5.99. The Morgan fingerprint density at radius 2 is 1.43 bits per heavy atom. The van der Waals surface area contributed by atoms with E-state index in [1.165, 1.54) is 38.9 Å². The second-order valence-electron chi connectivity index (χ2n) is 5.99. The smallest absolute Gasteiger partial charge is 0.0579 e. The number of aryl methyl sites for hydroxylation is 3. The van der Waals surface area contributed by atoms with Crippen LogP contribution in [0.3, 0.4) is 0 Å². The van der Waals surface area contributed by atoms with Crippen molar-refractivity contribution in [2.45, 2.75) is 47.1 Å². The van der Waals surface area contributed by atoms with E-state index in [1.807, 2.05) is 0 Å². The Hall–Kier alpha value is -1.60. The molecule has 1 atom stereocenters. The summed E-state index contributed by atoms with van der Waals surface area (Å²) in [6.07, 6.45) is 1.09. The van der Waals surface area contributed by atoms with Crippen molar-refractivity contribution in [1.82, 2.24) is 5.32 Å². The van der Waals surface area contributed by atoms with Crippen LogP contribution in [0, 0.1) is 27.7 Å². The second kappa shape index (κ2) is 6.44. The molecule has 0 aromatic heterocycles. The van der Waals surface area contributed by atoms with Crippen LogP contribution in [0.2, 0.25) is 0 Å². The maximum absolute atomic E-state index is 3.51. The highest BCUT2D eigenvalue weighted by molar-refractivity contribution is 5.49. The van der Waals surface area contributed by atoms with Gasteiger partial charge in [-0.2, -0.15) is 0 Å². The summed E-state index contributed by atoms with van der Waals surface area (Å²) in [7, 11) is 2.05. The Morgan fingerprint density at radius 1 is 0.905 bits per heavy atom. The van der Waals surface area contributed by atoms with Gasteiger partial charge in [0.1, 0.15) is 0 Å². The van der Waals surface area contributed by atoms with Gasteiger partial charge in [0.2, 0.25) is 0 Å². The normalized spacial score (nSPS) is 12.5. The van der Waals surface area contributed by atoms with Crippen molar-refractivity contribution in [3.05, 3.63) is 69.3 Å². The van der Waals surface area contributed by atoms with Gasteiger partial charge in [0, 0.05) is 0 Å². The van der Waals surface area contributed by atoms with E-state index < -0.39 is 0 Å². The third-order valence-electron chi connectivity index (χ3n) is 4.72. The third kappa shape index (κ3) is 3.03. The SMILES string of the molecule is CCc1ccc(C(NC)c2c(C)c(C)cc(C)c2C)cc1. The van der Waals surface area contributed by atoms with E-state index in [2.05, 4.69) is 77.3 Å². The van der Waals surface area contributed by atoms with Crippen LogP contribution in [0.25, 0.3) is 0 Å². The Labute approximate surface area is 129 Å². The van der Waals surface area contributed by atoms with E-state index in [0.717, 1.165) is 6.42 Å². The maximum atomic E-state index is 3.51. The van der Waals surface area contributed by atoms with E-state index in [9.17, 15) is 0 Å². The minimum atomic E-state index is 0.259. The summed E-state index contributed by atoms with van der Waals surface area (Å²) in [6.45, 7) is 11.1. The van der Waals surface area contributed by atoms with Gasteiger partial charge < -0.3 is 5.32 Å². The summed E-state index contributed by atoms with van der Waals surface area (Å²) in [5.41, 5.74) is 9.71. The van der Waals surface area contributed by atoms with E-state index in [-0.39, 0.29) is 6.04 Å². The molecular formula is C20H27N. The largest absolute Gasteiger partial charge is 0.309 e. The Kier molecular flexibility index (Phi) is 4.84. The first-order valence-electron chi connectivity index (χ1n) is 7.83. The standard InChI is InChI=1S/C20H27N/c1-7-17-8-10-18(11-9-17)20(21-6)19-15(4)13(2)12-14(3)16(19)5/h8-12,20-21H,7H2,1-6H3. The molecule has 0 saturated heterocycles. The van der Waals surface area contributed by atoms with Crippen molar-refractivity contribution in [1.29, 1.82) is 0 Å². The Morgan fingerprint density at radius 3 is 1.86 bits per heavy atom. The molecule has 0 spiro atoms. The zero-order chi connectivity index (χ0) is 15.6. The lowest BCUT2D eigenvalue weighted by atomic mass is 9.86. The molecule has 0 aliphatic rings. The molecule has 1 heteroatoms. The molecule has 2 rings (SSSR count). The van der Waals surface area contributed by atoms with Crippen LogP contribution < -0.4 is 5.32 Å². The van der Waals surface area contributed by atoms with Crippen LogP contribution >= 0.6 is 0 Å². The fourth-order valence-corrected chi connectivity index (χ4v) is 3.10. The van der Waals surface area contributed by atoms with Gasteiger partial charge in [-0.3, -0.25) is 0 Å². The van der Waals surface area contributed by atoms with Crippen molar-refractivity contribution in [2.24, 2.45) is 0 Å². The first-order valence-corrected chi connectivity index (χ1v) is 7.83. The lowest BCUT2D eigenvalue weighted by Gasteiger charge is -2.24. The molecule has 0 fully saturated rings. The van der Waals surface area contributed by atoms with E-state index >= 15 is 0 Å². The molecule has 0 heterocycles. The molecule has 1 N–H and O–H groups in total. The molecule has 112 valence electrons. The number of rotatable bonds is 4. The number of hydrogen-bond donors (Lipinski definition) is 1. The zero-order valence-corrected chi connectivity index (χ0v) is 14.2. The number of hydrogen-bond acceptors (Lipinski definition) is 1. The van der Waals surface area contributed by atoms with Crippen molar-refractivity contribution in [3.63, 3.8) is 0 Å². The molecule has 0 aliphatic heterocycles. The van der Waals surface area contributed by atoms with Crippen LogP contribution in [-0.4, -0.2) is 7.05 Å². The molecule has 0 saturated carbocycles. The molecule has 0 aliphatic carbocycles. The van der Waals surface area contributed by atoms with Crippen molar-refractivity contribution < 1.29 is 0 Å². The molecule has 0 radical (unpaired) electrons. The van der Waals surface area contributed by atoms with Gasteiger partial charge in [0.05, 0.1) is 6.04 Å². The predicted molar refractivity (Wildman–Crippen MR) is 92.1 cm³/mol. The minimum absolute atomic E-state index is 0.259. The molecule has 1 nitrogen and oxygen atoms in total. The number of benzene rings is 2. The summed E-state index contributed by atoms with van der Waals surface area (Å²) in [4.78, 5) is 0. The van der Waals surface area contributed by atoms with E-state index in [1.54, 1.807) is 0 Å². The number of nitrogens with one attached hydrogen (secondary N) is 1. The average molecular weight is 281 g/mol. The molecule has 0 bridgehead atoms. The van der Waals surface area contributed by atoms with Gasteiger partial charge in [-0.15, -0.1) is 0 Å². The summed E-state index contributed by atoms with van der Waals surface area (Å²) >= 11 is 0. The topological polar surface area (TPSA) is 12.0 Å². The molecule has 2 aromatic rings. The van der Waals surface area contributed by atoms with E-state index in [4.69, 9.17) is 0 Å². The average Bonchev–Trinajstić information content (AvgIpc) is 2.50. The fourth-order valence-electron chi connectivity index (χ4n) is 3.10. The summed E-state index contributed by atoms with van der Waals surface area (Å²) in [6, 6.07) is 11.6. The van der Waals surface area contributed by atoms with Crippen LogP contribution in [-0.2, 0) is 6.42 Å². The van der Waals surface area contributed by atoms with Gasteiger partial charge in [0.25, 0.3) is 0 Å². The van der Waals surface area contributed by atoms with Crippen molar-refractivity contribution in [3.8, 4) is 0 Å². The first kappa shape index (κ1) is 15.8. The lowest BCUT2D eigenvalue weighted by Crippen LogP contribution is -2.20. The molecule has 1 unspecified atom stereocenters. The van der Waals surface area contributed by atoms with Crippen LogP contribution in [0.4, 0.5) is 0 Å². The highest BCUT2D eigenvalue weighted by atomic mass is 14.9. The van der Waals surface area contributed by atoms with E-state index in [0.29, 0.717) is 0 Å². The highest BCUT2D eigenvalue weighted by Crippen LogP contribution is 2.31. The van der Waals surface area contributed by atoms with Gasteiger partial charge >= 0.3 is 0 Å². The molecular weight excluding hydrogens is 254 g/mol. The lowest BCUT2D eigenvalue weighted by molar-refractivity contribution is 0.681. The van der Waals surface area contributed by atoms with Gasteiger partial charge in [-0.05, 0) is 80.1 Å². The van der Waals surface area contributed by atoms with Crippen molar-refractivity contribution >= 4 is 0 Å².